The number of aliphatic hydroxyl groups is 1. The van der Waals surface area contributed by atoms with Crippen molar-refractivity contribution in [2.75, 3.05) is 0 Å². The van der Waals surface area contributed by atoms with E-state index in [9.17, 15) is 29.7 Å². The van der Waals surface area contributed by atoms with Crippen molar-refractivity contribution >= 4 is 17.5 Å². The minimum Gasteiger partial charge on any atom is -0.507 e. The van der Waals surface area contributed by atoms with E-state index in [0.717, 1.165) is 6.07 Å². The number of carbonyl (C=O) groups excluding carboxylic acids is 2. The number of carboxylic acid groups (broad SMARTS) is 1. The van der Waals surface area contributed by atoms with Gasteiger partial charge in [-0.05, 0) is 6.07 Å². The van der Waals surface area contributed by atoms with Crippen LogP contribution in [0.1, 0.15) is 43.5 Å². The minimum atomic E-state index is -2.15. The maximum absolute atomic E-state index is 12.5. The molecule has 4 N–H and O–H groups in total. The van der Waals surface area contributed by atoms with E-state index in [0.29, 0.717) is 0 Å². The fourth-order valence-electron chi connectivity index (χ4n) is 2.62. The van der Waals surface area contributed by atoms with E-state index in [1.165, 1.54) is 18.2 Å². The Bertz CT molecular complexity index is 882. The molecule has 3 rings (SSSR count). The van der Waals surface area contributed by atoms with Crippen molar-refractivity contribution in [2.24, 2.45) is 0 Å². The number of aromatic hydroxyl groups is 2. The number of rotatable bonds is 2. The van der Waals surface area contributed by atoms with Crippen LogP contribution in [0.2, 0.25) is 0 Å². The van der Waals surface area contributed by atoms with E-state index >= 15 is 0 Å². The molecule has 7 nitrogen and oxygen atoms in total. The van der Waals surface area contributed by atoms with Crippen molar-refractivity contribution in [3.8, 4) is 11.5 Å². The van der Waals surface area contributed by atoms with Gasteiger partial charge in [0.2, 0.25) is 0 Å². The quantitative estimate of drug-likeness (QED) is 0.518. The third kappa shape index (κ3) is 1.98. The molecule has 7 heteroatoms. The molecule has 1 atom stereocenters. The van der Waals surface area contributed by atoms with Crippen LogP contribution in [0.25, 0.3) is 0 Å². The molecule has 0 saturated carbocycles. The van der Waals surface area contributed by atoms with Gasteiger partial charge < -0.3 is 20.4 Å². The lowest BCUT2D eigenvalue weighted by Gasteiger charge is -2.21. The van der Waals surface area contributed by atoms with Gasteiger partial charge in [-0.15, -0.1) is 0 Å². The maximum atomic E-state index is 12.5. The second-order valence-corrected chi connectivity index (χ2v) is 5.03. The van der Waals surface area contributed by atoms with Crippen LogP contribution in [-0.2, 0) is 4.79 Å². The van der Waals surface area contributed by atoms with Crippen molar-refractivity contribution in [1.29, 1.82) is 0 Å². The Morgan fingerprint density at radius 1 is 0.957 bits per heavy atom. The third-order valence-corrected chi connectivity index (χ3v) is 3.71. The molecule has 0 saturated heterocycles. The van der Waals surface area contributed by atoms with Crippen LogP contribution >= 0.6 is 0 Å². The van der Waals surface area contributed by atoms with Gasteiger partial charge in [-0.2, -0.15) is 0 Å². The third-order valence-electron chi connectivity index (χ3n) is 3.71. The van der Waals surface area contributed by atoms with Crippen molar-refractivity contribution in [2.45, 2.75) is 6.10 Å². The van der Waals surface area contributed by atoms with Gasteiger partial charge in [0.15, 0.2) is 17.7 Å². The molecule has 0 aliphatic heterocycles. The first-order valence-electron chi connectivity index (χ1n) is 6.52. The molecule has 0 amide bonds. The fraction of sp³-hybridized carbons (Fsp3) is 0.0625. The first-order chi connectivity index (χ1) is 10.8. The zero-order valence-corrected chi connectivity index (χ0v) is 11.5. The molecule has 0 bridgehead atoms. The van der Waals surface area contributed by atoms with Gasteiger partial charge in [-0.3, -0.25) is 9.59 Å². The summed E-state index contributed by atoms with van der Waals surface area (Å²) in [4.78, 5) is 35.8. The van der Waals surface area contributed by atoms with E-state index < -0.39 is 51.8 Å². The lowest BCUT2D eigenvalue weighted by atomic mass is 9.81. The van der Waals surface area contributed by atoms with Gasteiger partial charge in [0.1, 0.15) is 11.5 Å². The Hall–Kier alpha value is -3.19. The molecule has 23 heavy (non-hydrogen) atoms. The number of fused-ring (bicyclic) bond motifs is 2. The number of carbonyl (C=O) groups is 3. The van der Waals surface area contributed by atoms with Crippen molar-refractivity contribution < 1.29 is 34.8 Å². The first-order valence-corrected chi connectivity index (χ1v) is 6.52. The van der Waals surface area contributed by atoms with E-state index in [1.54, 1.807) is 6.07 Å². The Morgan fingerprint density at radius 3 is 2.00 bits per heavy atom. The highest BCUT2D eigenvalue weighted by Gasteiger charge is 2.37. The molecule has 2 aromatic rings. The smallest absolute Gasteiger partial charge is 0.337 e. The molecule has 0 heterocycles. The summed E-state index contributed by atoms with van der Waals surface area (Å²) in [6, 6.07) is 6.65. The lowest BCUT2D eigenvalue weighted by Crippen LogP contribution is -2.22. The molecule has 0 fully saturated rings. The number of phenols is 2. The highest BCUT2D eigenvalue weighted by Crippen LogP contribution is 2.41. The highest BCUT2D eigenvalue weighted by atomic mass is 16.4. The molecule has 1 unspecified atom stereocenters. The summed E-state index contributed by atoms with van der Waals surface area (Å²) < 4.78 is 0. The highest BCUT2D eigenvalue weighted by molar-refractivity contribution is 6.30. The predicted molar refractivity (Wildman–Crippen MR) is 75.7 cm³/mol. The molecule has 1 aliphatic carbocycles. The molecule has 1 aliphatic rings. The minimum absolute atomic E-state index is 0.0293. The van der Waals surface area contributed by atoms with Gasteiger partial charge in [-0.25, -0.2) is 4.79 Å². The standard InChI is InChI=1S/C16H10O7/c17-9-5-8(15(21)16(22)23)14(20)11-10(9)12(18)6-3-1-2-4-7(6)13(11)19/h1-5,15,17,20-21H,(H,22,23). The van der Waals surface area contributed by atoms with Crippen molar-refractivity contribution in [3.63, 3.8) is 0 Å². The van der Waals surface area contributed by atoms with Crippen LogP contribution < -0.4 is 0 Å². The second-order valence-electron chi connectivity index (χ2n) is 5.03. The van der Waals surface area contributed by atoms with Gasteiger partial charge >= 0.3 is 5.97 Å². The summed E-state index contributed by atoms with van der Waals surface area (Å²) in [6.07, 6.45) is -2.15. The van der Waals surface area contributed by atoms with E-state index in [-0.39, 0.29) is 11.1 Å². The van der Waals surface area contributed by atoms with Crippen LogP contribution in [0, 0.1) is 0 Å². The summed E-state index contributed by atoms with van der Waals surface area (Å²) >= 11 is 0. The van der Waals surface area contributed by atoms with E-state index in [4.69, 9.17) is 5.11 Å². The summed E-state index contributed by atoms with van der Waals surface area (Å²) in [6.45, 7) is 0. The number of aliphatic carboxylic acids is 1. The molecule has 2 aromatic carbocycles. The average molecular weight is 314 g/mol. The molecule has 0 radical (unpaired) electrons. The molecule has 116 valence electrons. The Labute approximate surface area is 129 Å². The number of benzene rings is 2. The Kier molecular flexibility index (Phi) is 3.15. The zero-order chi connectivity index (χ0) is 16.9. The molecule has 0 aromatic heterocycles. The molecule has 0 spiro atoms. The van der Waals surface area contributed by atoms with Crippen LogP contribution in [-0.4, -0.2) is 38.0 Å². The normalized spacial score (nSPS) is 14.1. The number of phenolic OH excluding ortho intramolecular Hbond substituents is 2. The van der Waals surface area contributed by atoms with Crippen molar-refractivity contribution in [3.05, 3.63) is 58.1 Å². The average Bonchev–Trinajstić information content (AvgIpc) is 2.53. The Morgan fingerprint density at radius 2 is 1.48 bits per heavy atom. The number of aliphatic hydroxyl groups excluding tert-OH is 1. The largest absolute Gasteiger partial charge is 0.507 e. The number of carboxylic acids is 1. The van der Waals surface area contributed by atoms with E-state index in [1.807, 2.05) is 0 Å². The van der Waals surface area contributed by atoms with Gasteiger partial charge in [-0.1, -0.05) is 24.3 Å². The number of hydrogen-bond acceptors (Lipinski definition) is 6. The van der Waals surface area contributed by atoms with E-state index in [2.05, 4.69) is 0 Å². The van der Waals surface area contributed by atoms with Gasteiger partial charge in [0.25, 0.3) is 0 Å². The summed E-state index contributed by atoms with van der Waals surface area (Å²) in [5.74, 6) is -4.59. The zero-order valence-electron chi connectivity index (χ0n) is 11.5. The van der Waals surface area contributed by atoms with Crippen LogP contribution in [0.15, 0.2) is 30.3 Å². The second kappa shape index (κ2) is 4.92. The van der Waals surface area contributed by atoms with Crippen LogP contribution in [0.3, 0.4) is 0 Å². The SMILES string of the molecule is O=C1c2ccccc2C(=O)c2c(O)c(C(O)C(=O)O)cc(O)c21. The number of hydrogen-bond donors (Lipinski definition) is 4. The fourth-order valence-corrected chi connectivity index (χ4v) is 2.62. The predicted octanol–water partition coefficient (Wildman–Crippen LogP) is 0.991. The summed E-state index contributed by atoms with van der Waals surface area (Å²) in [5.41, 5.74) is -1.38. The first kappa shape index (κ1) is 14.7. The monoisotopic (exact) mass is 314 g/mol. The topological polar surface area (TPSA) is 132 Å². The Balaban J connectivity index is 2.33. The van der Waals surface area contributed by atoms with Gasteiger partial charge in [0.05, 0.1) is 11.1 Å². The molecular formula is C16H10O7. The molecular weight excluding hydrogens is 304 g/mol. The summed E-state index contributed by atoms with van der Waals surface area (Å²) in [5, 5.41) is 38.6. The van der Waals surface area contributed by atoms with Crippen molar-refractivity contribution in [1.82, 2.24) is 0 Å². The number of ketones is 2. The maximum Gasteiger partial charge on any atom is 0.337 e. The van der Waals surface area contributed by atoms with Gasteiger partial charge in [0, 0.05) is 16.7 Å². The summed E-state index contributed by atoms with van der Waals surface area (Å²) in [7, 11) is 0. The lowest BCUT2D eigenvalue weighted by molar-refractivity contribution is -0.147. The van der Waals surface area contributed by atoms with Crippen LogP contribution in [0.5, 0.6) is 11.5 Å². The van der Waals surface area contributed by atoms with Crippen LogP contribution in [0.4, 0.5) is 0 Å².